The molecule has 0 aliphatic carbocycles. The summed E-state index contributed by atoms with van der Waals surface area (Å²) in [6.07, 6.45) is 6.31. The van der Waals surface area contributed by atoms with Crippen LogP contribution in [0.15, 0.2) is 24.3 Å². The number of ketones is 1. The molecule has 0 aliphatic heterocycles. The van der Waals surface area contributed by atoms with Crippen molar-refractivity contribution in [2.75, 3.05) is 4.43 Å². The van der Waals surface area contributed by atoms with Crippen molar-refractivity contribution >= 4 is 28.4 Å². The van der Waals surface area contributed by atoms with Crippen LogP contribution >= 0.6 is 22.6 Å². The minimum atomic E-state index is 0.220. The van der Waals surface area contributed by atoms with E-state index in [0.29, 0.717) is 4.43 Å². The number of benzene rings is 1. The molecule has 0 saturated carbocycles. The van der Waals surface area contributed by atoms with Gasteiger partial charge in [0.1, 0.15) is 0 Å². The van der Waals surface area contributed by atoms with Crippen LogP contribution in [-0.2, 0) is 6.42 Å². The van der Waals surface area contributed by atoms with E-state index in [2.05, 4.69) is 41.6 Å². The molecule has 1 nitrogen and oxygen atoms in total. The molecule has 2 heteroatoms. The summed E-state index contributed by atoms with van der Waals surface area (Å²) in [5.41, 5.74) is 2.19. The molecular formula is C14H19IO. The summed E-state index contributed by atoms with van der Waals surface area (Å²) in [7, 11) is 0. The Labute approximate surface area is 112 Å². The number of alkyl halides is 1. The predicted octanol–water partition coefficient (Wildman–Crippen LogP) is 4.43. The van der Waals surface area contributed by atoms with Gasteiger partial charge in [0.25, 0.3) is 0 Å². The van der Waals surface area contributed by atoms with Gasteiger partial charge in [0.15, 0.2) is 5.78 Å². The van der Waals surface area contributed by atoms with Crippen LogP contribution in [0.2, 0.25) is 0 Å². The normalized spacial score (nSPS) is 10.4. The summed E-state index contributed by atoms with van der Waals surface area (Å²) in [6.45, 7) is 2.23. The Balaban J connectivity index is 2.42. The van der Waals surface area contributed by atoms with Crippen LogP contribution in [-0.4, -0.2) is 10.2 Å². The van der Waals surface area contributed by atoms with Gasteiger partial charge in [-0.1, -0.05) is 73.0 Å². The highest BCUT2D eigenvalue weighted by molar-refractivity contribution is 14.1. The molecule has 1 aromatic carbocycles. The molecule has 0 radical (unpaired) electrons. The van der Waals surface area contributed by atoms with E-state index in [1.165, 1.54) is 31.2 Å². The zero-order valence-electron chi connectivity index (χ0n) is 9.84. The van der Waals surface area contributed by atoms with E-state index in [1.54, 1.807) is 0 Å². The maximum Gasteiger partial charge on any atom is 0.172 e. The molecule has 0 heterocycles. The number of hydrogen-bond donors (Lipinski definition) is 0. The number of halogens is 1. The Morgan fingerprint density at radius 3 is 2.38 bits per heavy atom. The molecule has 0 N–H and O–H groups in total. The molecule has 0 saturated heterocycles. The van der Waals surface area contributed by atoms with Gasteiger partial charge in [0.05, 0.1) is 4.43 Å². The SMILES string of the molecule is CCCCCCc1ccc(C(=O)CI)cc1. The summed E-state index contributed by atoms with van der Waals surface area (Å²) >= 11 is 2.11. The predicted molar refractivity (Wildman–Crippen MR) is 77.5 cm³/mol. The lowest BCUT2D eigenvalue weighted by Crippen LogP contribution is -1.99. The third-order valence-corrected chi connectivity index (χ3v) is 3.41. The maximum absolute atomic E-state index is 11.4. The minimum absolute atomic E-state index is 0.220. The van der Waals surface area contributed by atoms with Crippen molar-refractivity contribution in [1.29, 1.82) is 0 Å². The fourth-order valence-corrected chi connectivity index (χ4v) is 2.13. The molecule has 0 aliphatic rings. The summed E-state index contributed by atoms with van der Waals surface area (Å²) in [4.78, 5) is 11.4. The van der Waals surface area contributed by atoms with Gasteiger partial charge < -0.3 is 0 Å². The van der Waals surface area contributed by atoms with Gasteiger partial charge in [-0.2, -0.15) is 0 Å². The Morgan fingerprint density at radius 1 is 1.12 bits per heavy atom. The second-order valence-corrected chi connectivity index (χ2v) is 4.83. The Morgan fingerprint density at radius 2 is 1.81 bits per heavy atom. The topological polar surface area (TPSA) is 17.1 Å². The number of hydrogen-bond acceptors (Lipinski definition) is 1. The maximum atomic E-state index is 11.4. The van der Waals surface area contributed by atoms with Gasteiger partial charge >= 0.3 is 0 Å². The summed E-state index contributed by atoms with van der Waals surface area (Å²) in [5, 5.41) is 0. The van der Waals surface area contributed by atoms with Crippen LogP contribution < -0.4 is 0 Å². The minimum Gasteiger partial charge on any atom is -0.293 e. The largest absolute Gasteiger partial charge is 0.293 e. The molecule has 0 spiro atoms. The number of carbonyl (C=O) groups is 1. The van der Waals surface area contributed by atoms with Crippen LogP contribution in [0.5, 0.6) is 0 Å². The highest BCUT2D eigenvalue weighted by Crippen LogP contribution is 2.10. The smallest absolute Gasteiger partial charge is 0.172 e. The molecular weight excluding hydrogens is 311 g/mol. The quantitative estimate of drug-likeness (QED) is 0.313. The van der Waals surface area contributed by atoms with E-state index >= 15 is 0 Å². The molecule has 0 atom stereocenters. The highest BCUT2D eigenvalue weighted by atomic mass is 127. The first-order valence-corrected chi connectivity index (χ1v) is 7.48. The van der Waals surface area contributed by atoms with E-state index in [1.807, 2.05) is 12.1 Å². The summed E-state index contributed by atoms with van der Waals surface area (Å²) in [5.74, 6) is 0.220. The Kier molecular flexibility index (Phi) is 6.69. The molecule has 1 aromatic rings. The molecule has 0 aromatic heterocycles. The van der Waals surface area contributed by atoms with Gasteiger partial charge in [-0.05, 0) is 18.4 Å². The average Bonchev–Trinajstić information content (AvgIpc) is 2.34. The van der Waals surface area contributed by atoms with Crippen LogP contribution in [0.4, 0.5) is 0 Å². The third-order valence-electron chi connectivity index (χ3n) is 2.72. The van der Waals surface area contributed by atoms with Crippen molar-refractivity contribution in [1.82, 2.24) is 0 Å². The van der Waals surface area contributed by atoms with Gasteiger partial charge in [-0.15, -0.1) is 0 Å². The second-order valence-electron chi connectivity index (χ2n) is 4.06. The van der Waals surface area contributed by atoms with Crippen molar-refractivity contribution < 1.29 is 4.79 Å². The second kappa shape index (κ2) is 7.82. The zero-order chi connectivity index (χ0) is 11.8. The fourth-order valence-electron chi connectivity index (χ4n) is 1.69. The fraction of sp³-hybridized carbons (Fsp3) is 0.500. The highest BCUT2D eigenvalue weighted by Gasteiger charge is 2.02. The molecule has 16 heavy (non-hydrogen) atoms. The molecule has 0 amide bonds. The number of unbranched alkanes of at least 4 members (excludes halogenated alkanes) is 3. The first kappa shape index (κ1) is 13.7. The number of rotatable bonds is 7. The Bertz CT molecular complexity index is 316. The van der Waals surface area contributed by atoms with Crippen molar-refractivity contribution in [3.8, 4) is 0 Å². The summed E-state index contributed by atoms with van der Waals surface area (Å²) in [6, 6.07) is 8.09. The average molecular weight is 330 g/mol. The van der Waals surface area contributed by atoms with Crippen LogP contribution in [0.25, 0.3) is 0 Å². The molecule has 88 valence electrons. The van der Waals surface area contributed by atoms with Crippen molar-refractivity contribution in [3.63, 3.8) is 0 Å². The van der Waals surface area contributed by atoms with E-state index in [9.17, 15) is 4.79 Å². The molecule has 0 fully saturated rings. The number of aryl methyl sites for hydroxylation is 1. The lowest BCUT2D eigenvalue weighted by atomic mass is 10.0. The molecule has 0 bridgehead atoms. The lowest BCUT2D eigenvalue weighted by Gasteiger charge is -2.02. The van der Waals surface area contributed by atoms with Gasteiger partial charge in [-0.3, -0.25) is 4.79 Å². The molecule has 0 unspecified atom stereocenters. The van der Waals surface area contributed by atoms with Crippen molar-refractivity contribution in [2.45, 2.75) is 39.0 Å². The van der Waals surface area contributed by atoms with E-state index in [-0.39, 0.29) is 5.78 Å². The van der Waals surface area contributed by atoms with E-state index in [0.717, 1.165) is 12.0 Å². The standard InChI is InChI=1S/C14H19IO/c1-2-3-4-5-6-12-7-9-13(10-8-12)14(16)11-15/h7-10H,2-6,11H2,1H3. The third kappa shape index (κ3) is 4.64. The molecule has 1 rings (SSSR count). The number of carbonyl (C=O) groups excluding carboxylic acids is 1. The van der Waals surface area contributed by atoms with Gasteiger partial charge in [0.2, 0.25) is 0 Å². The van der Waals surface area contributed by atoms with Crippen LogP contribution in [0.3, 0.4) is 0 Å². The summed E-state index contributed by atoms with van der Waals surface area (Å²) < 4.78 is 0.563. The van der Waals surface area contributed by atoms with Crippen LogP contribution in [0, 0.1) is 0 Å². The first-order chi connectivity index (χ1) is 7.77. The lowest BCUT2D eigenvalue weighted by molar-refractivity contribution is 0.102. The van der Waals surface area contributed by atoms with Gasteiger partial charge in [-0.25, -0.2) is 0 Å². The monoisotopic (exact) mass is 330 g/mol. The van der Waals surface area contributed by atoms with Crippen molar-refractivity contribution in [2.24, 2.45) is 0 Å². The van der Waals surface area contributed by atoms with E-state index < -0.39 is 0 Å². The van der Waals surface area contributed by atoms with Crippen LogP contribution in [0.1, 0.15) is 48.5 Å². The number of Topliss-reactive ketones (excluding diaryl/α,β-unsaturated/α-hetero) is 1. The van der Waals surface area contributed by atoms with Gasteiger partial charge in [0, 0.05) is 5.56 Å². The van der Waals surface area contributed by atoms with Crippen molar-refractivity contribution in [3.05, 3.63) is 35.4 Å². The van der Waals surface area contributed by atoms with E-state index in [4.69, 9.17) is 0 Å². The zero-order valence-corrected chi connectivity index (χ0v) is 12.0. The first-order valence-electron chi connectivity index (χ1n) is 5.96. The Hall–Kier alpha value is -0.380.